The van der Waals surface area contributed by atoms with Gasteiger partial charge >= 0.3 is 18.1 Å². The molecule has 0 unspecified atom stereocenters. The highest BCUT2D eigenvalue weighted by Gasteiger charge is 2.40. The maximum atomic E-state index is 12.5. The molecule has 0 atom stereocenters. The normalized spacial score (nSPS) is 12.3. The highest BCUT2D eigenvalue weighted by atomic mass is 32.1. The second kappa shape index (κ2) is 6.00. The molecule has 0 saturated heterocycles. The number of rotatable bonds is 2. The number of ether oxygens (including phenoxy) is 1. The van der Waals surface area contributed by atoms with E-state index in [1.54, 1.807) is 33.0 Å². The van der Waals surface area contributed by atoms with E-state index in [-0.39, 0.29) is 20.9 Å². The van der Waals surface area contributed by atoms with Gasteiger partial charge in [-0.3, -0.25) is 4.79 Å². The number of halogens is 3. The van der Waals surface area contributed by atoms with E-state index in [4.69, 9.17) is 4.74 Å². The predicted octanol–water partition coefficient (Wildman–Crippen LogP) is 3.46. The lowest BCUT2D eigenvalue weighted by Gasteiger charge is -2.19. The van der Waals surface area contributed by atoms with Gasteiger partial charge in [-0.05, 0) is 27.7 Å². The molecule has 130 valence electrons. The summed E-state index contributed by atoms with van der Waals surface area (Å²) in [5, 5.41) is 1.70. The zero-order chi connectivity index (χ0) is 18.3. The van der Waals surface area contributed by atoms with Crippen LogP contribution in [0.15, 0.2) is 6.20 Å². The van der Waals surface area contributed by atoms with E-state index in [1.165, 1.54) is 6.20 Å². The zero-order valence-corrected chi connectivity index (χ0v) is 14.1. The number of carbonyl (C=O) groups is 2. The third kappa shape index (κ3) is 3.99. The van der Waals surface area contributed by atoms with Gasteiger partial charge in [0.25, 0.3) is 0 Å². The molecule has 0 aliphatic heterocycles. The first-order chi connectivity index (χ1) is 10.9. The highest BCUT2D eigenvalue weighted by Crippen LogP contribution is 2.35. The van der Waals surface area contributed by atoms with Crippen LogP contribution in [0.2, 0.25) is 0 Å². The predicted molar refractivity (Wildman–Crippen MR) is 82.0 cm³/mol. The van der Waals surface area contributed by atoms with E-state index in [1.807, 2.05) is 0 Å². The first-order valence-electron chi connectivity index (χ1n) is 6.76. The summed E-state index contributed by atoms with van der Waals surface area (Å²) in [6, 6.07) is 0. The lowest BCUT2D eigenvalue weighted by atomic mass is 10.2. The summed E-state index contributed by atoms with van der Waals surface area (Å²) in [5.41, 5.74) is -0.675. The SMILES string of the molecule is Cc1cnc2c(NC(=O)C(F)(F)F)c(C(=O)OC(C)(C)C)sc2n1. The second-order valence-corrected chi connectivity index (χ2v) is 6.92. The van der Waals surface area contributed by atoms with Crippen LogP contribution in [0.4, 0.5) is 18.9 Å². The van der Waals surface area contributed by atoms with Crippen molar-refractivity contribution in [2.45, 2.75) is 39.5 Å². The number of amides is 1. The molecule has 0 aromatic carbocycles. The number of aromatic nitrogens is 2. The number of nitrogens with one attached hydrogen (secondary N) is 1. The molecule has 0 radical (unpaired) electrons. The maximum Gasteiger partial charge on any atom is 0.471 e. The van der Waals surface area contributed by atoms with Gasteiger partial charge in [-0.1, -0.05) is 0 Å². The van der Waals surface area contributed by atoms with Gasteiger partial charge < -0.3 is 10.1 Å². The maximum absolute atomic E-state index is 12.5. The fraction of sp³-hybridized carbons (Fsp3) is 0.429. The molecule has 0 aliphatic carbocycles. The van der Waals surface area contributed by atoms with Crippen molar-refractivity contribution in [3.05, 3.63) is 16.8 Å². The van der Waals surface area contributed by atoms with Gasteiger partial charge in [0, 0.05) is 6.20 Å². The fourth-order valence-electron chi connectivity index (χ4n) is 1.72. The Hall–Kier alpha value is -2.23. The Morgan fingerprint density at radius 3 is 2.42 bits per heavy atom. The van der Waals surface area contributed by atoms with E-state index in [9.17, 15) is 22.8 Å². The van der Waals surface area contributed by atoms with Crippen LogP contribution in [0.25, 0.3) is 10.3 Å². The highest BCUT2D eigenvalue weighted by molar-refractivity contribution is 7.21. The van der Waals surface area contributed by atoms with Crippen LogP contribution in [-0.4, -0.2) is 33.6 Å². The van der Waals surface area contributed by atoms with Crippen LogP contribution in [0.5, 0.6) is 0 Å². The molecule has 1 amide bonds. The van der Waals surface area contributed by atoms with Crippen LogP contribution in [0.3, 0.4) is 0 Å². The Bertz CT molecular complexity index is 809. The Morgan fingerprint density at radius 2 is 1.88 bits per heavy atom. The van der Waals surface area contributed by atoms with Crippen molar-refractivity contribution in [2.75, 3.05) is 5.32 Å². The minimum Gasteiger partial charge on any atom is -0.456 e. The molecule has 0 fully saturated rings. The summed E-state index contributed by atoms with van der Waals surface area (Å²) in [4.78, 5) is 31.7. The number of aryl methyl sites for hydroxylation is 1. The molecule has 1 N–H and O–H groups in total. The lowest BCUT2D eigenvalue weighted by molar-refractivity contribution is -0.167. The Labute approximate surface area is 139 Å². The molecule has 0 saturated carbocycles. The first-order valence-corrected chi connectivity index (χ1v) is 7.58. The fourth-order valence-corrected chi connectivity index (χ4v) is 2.73. The molecule has 2 aromatic rings. The standard InChI is InChI=1S/C14H14F3N3O3S/c1-6-5-18-8-7(20-12(22)14(15,16)17)9(24-10(8)19-6)11(21)23-13(2,3)4/h5H,1-4H3,(H,20,22). The number of carbonyl (C=O) groups excluding carboxylic acids is 2. The van der Waals surface area contributed by atoms with Gasteiger partial charge in [0.1, 0.15) is 20.8 Å². The van der Waals surface area contributed by atoms with Gasteiger partial charge in [-0.2, -0.15) is 13.2 Å². The smallest absolute Gasteiger partial charge is 0.456 e. The van der Waals surface area contributed by atoms with E-state index in [0.717, 1.165) is 11.3 Å². The quantitative estimate of drug-likeness (QED) is 0.829. The van der Waals surface area contributed by atoms with Crippen molar-refractivity contribution in [3.63, 3.8) is 0 Å². The molecule has 0 spiro atoms. The molecule has 10 heteroatoms. The first kappa shape index (κ1) is 18.1. The number of hydrogen-bond acceptors (Lipinski definition) is 6. The Morgan fingerprint density at radius 1 is 1.25 bits per heavy atom. The van der Waals surface area contributed by atoms with Gasteiger partial charge in [-0.25, -0.2) is 14.8 Å². The van der Waals surface area contributed by atoms with Crippen LogP contribution in [-0.2, 0) is 9.53 Å². The van der Waals surface area contributed by atoms with Crippen LogP contribution in [0, 0.1) is 6.92 Å². The molecular formula is C14H14F3N3O3S. The van der Waals surface area contributed by atoms with Crippen molar-refractivity contribution in [1.29, 1.82) is 0 Å². The second-order valence-electron chi connectivity index (χ2n) is 5.93. The third-order valence-corrected chi connectivity index (χ3v) is 3.66. The van der Waals surface area contributed by atoms with Gasteiger partial charge in [0.05, 0.1) is 11.4 Å². The molecule has 0 aliphatic rings. The monoisotopic (exact) mass is 361 g/mol. The van der Waals surface area contributed by atoms with E-state index >= 15 is 0 Å². The molecule has 24 heavy (non-hydrogen) atoms. The summed E-state index contributed by atoms with van der Waals surface area (Å²) in [6.45, 7) is 6.50. The zero-order valence-electron chi connectivity index (χ0n) is 13.2. The number of anilines is 1. The minimum atomic E-state index is -5.10. The van der Waals surface area contributed by atoms with E-state index in [2.05, 4.69) is 9.97 Å². The summed E-state index contributed by atoms with van der Waals surface area (Å²) in [7, 11) is 0. The summed E-state index contributed by atoms with van der Waals surface area (Å²) < 4.78 is 42.8. The van der Waals surface area contributed by atoms with Crippen molar-refractivity contribution < 1.29 is 27.5 Å². The Balaban J connectivity index is 2.54. The topological polar surface area (TPSA) is 81.2 Å². The van der Waals surface area contributed by atoms with E-state index in [0.29, 0.717) is 5.69 Å². The van der Waals surface area contributed by atoms with Crippen molar-refractivity contribution in [3.8, 4) is 0 Å². The van der Waals surface area contributed by atoms with Crippen LogP contribution < -0.4 is 5.32 Å². The molecule has 2 aromatic heterocycles. The molecule has 2 rings (SSSR count). The average Bonchev–Trinajstić information content (AvgIpc) is 2.73. The van der Waals surface area contributed by atoms with Crippen LogP contribution in [0.1, 0.15) is 36.1 Å². The largest absolute Gasteiger partial charge is 0.471 e. The number of nitrogens with zero attached hydrogens (tertiary/aromatic N) is 2. The van der Waals surface area contributed by atoms with Crippen molar-refractivity contribution in [2.24, 2.45) is 0 Å². The Kier molecular flexibility index (Phi) is 4.53. The van der Waals surface area contributed by atoms with Crippen molar-refractivity contribution in [1.82, 2.24) is 9.97 Å². The van der Waals surface area contributed by atoms with E-state index < -0.39 is 23.7 Å². The summed E-state index contributed by atoms with van der Waals surface area (Å²) in [5.74, 6) is -3.06. The average molecular weight is 361 g/mol. The number of thiophene rings is 1. The molecule has 2 heterocycles. The number of esters is 1. The van der Waals surface area contributed by atoms with Gasteiger partial charge in [0.15, 0.2) is 0 Å². The number of hydrogen-bond donors (Lipinski definition) is 1. The third-order valence-electron chi connectivity index (χ3n) is 2.60. The lowest BCUT2D eigenvalue weighted by Crippen LogP contribution is -2.31. The van der Waals surface area contributed by atoms with Gasteiger partial charge in [-0.15, -0.1) is 11.3 Å². The molecule has 0 bridgehead atoms. The van der Waals surface area contributed by atoms with Crippen LogP contribution >= 0.6 is 11.3 Å². The molecular weight excluding hydrogens is 347 g/mol. The molecule has 6 nitrogen and oxygen atoms in total. The minimum absolute atomic E-state index is 0.00376. The van der Waals surface area contributed by atoms with Crippen molar-refractivity contribution >= 4 is 39.2 Å². The number of alkyl halides is 3. The summed E-state index contributed by atoms with van der Waals surface area (Å²) >= 11 is 0.809. The van der Waals surface area contributed by atoms with Gasteiger partial charge in [0.2, 0.25) is 0 Å². The number of fused-ring (bicyclic) bond motifs is 1. The summed E-state index contributed by atoms with van der Waals surface area (Å²) in [6.07, 6.45) is -3.77.